The molecule has 0 fully saturated rings. The maximum Gasteiger partial charge on any atom is 0.242 e. The summed E-state index contributed by atoms with van der Waals surface area (Å²) in [6.45, 7) is 3.93. The second kappa shape index (κ2) is 5.31. The van der Waals surface area contributed by atoms with Crippen molar-refractivity contribution < 1.29 is 4.79 Å². The Bertz CT molecular complexity index is 373. The molecule has 0 unspecified atom stereocenters. The van der Waals surface area contributed by atoms with Gasteiger partial charge in [-0.2, -0.15) is 10.4 Å². The number of nitrogens with one attached hydrogen (secondary N) is 1. The first-order chi connectivity index (χ1) is 7.65. The Morgan fingerprint density at radius 1 is 1.56 bits per heavy atom. The van der Waals surface area contributed by atoms with E-state index in [1.807, 2.05) is 13.8 Å². The summed E-state index contributed by atoms with van der Waals surface area (Å²) >= 11 is 0. The zero-order valence-corrected chi connectivity index (χ0v) is 9.60. The second-order valence-electron chi connectivity index (χ2n) is 3.65. The lowest BCUT2D eigenvalue weighted by Crippen LogP contribution is -2.47. The van der Waals surface area contributed by atoms with Gasteiger partial charge in [0.05, 0.1) is 6.07 Å². The molecule has 0 radical (unpaired) electrons. The molecule has 5 heteroatoms. The normalized spacial score (nSPS) is 10.8. The fourth-order valence-corrected chi connectivity index (χ4v) is 1.46. The summed E-state index contributed by atoms with van der Waals surface area (Å²) in [7, 11) is 0. The minimum absolute atomic E-state index is 0.149. The van der Waals surface area contributed by atoms with Crippen molar-refractivity contribution in [2.75, 3.05) is 0 Å². The summed E-state index contributed by atoms with van der Waals surface area (Å²) in [5, 5.41) is 15.8. The van der Waals surface area contributed by atoms with E-state index in [0.29, 0.717) is 12.8 Å². The molecule has 0 saturated heterocycles. The maximum atomic E-state index is 11.7. The second-order valence-corrected chi connectivity index (χ2v) is 3.65. The molecule has 0 spiro atoms. The summed E-state index contributed by atoms with van der Waals surface area (Å²) in [6.07, 6.45) is 4.53. The summed E-state index contributed by atoms with van der Waals surface area (Å²) in [4.78, 5) is 11.7. The third kappa shape index (κ3) is 2.83. The van der Waals surface area contributed by atoms with Gasteiger partial charge in [0.25, 0.3) is 0 Å². The van der Waals surface area contributed by atoms with Crippen LogP contribution in [0.5, 0.6) is 0 Å². The molecule has 5 nitrogen and oxygen atoms in total. The van der Waals surface area contributed by atoms with Crippen LogP contribution in [0.25, 0.3) is 0 Å². The predicted molar refractivity (Wildman–Crippen MR) is 59.3 cm³/mol. The van der Waals surface area contributed by atoms with E-state index < -0.39 is 5.54 Å². The largest absolute Gasteiger partial charge is 0.336 e. The molecule has 0 saturated carbocycles. The molecule has 0 aliphatic rings. The average Bonchev–Trinajstić information content (AvgIpc) is 2.79. The SMILES string of the molecule is CCC(C#N)(CC)NC(=O)Cn1cccn1. The molecule has 1 amide bonds. The zero-order valence-electron chi connectivity index (χ0n) is 9.60. The van der Waals surface area contributed by atoms with Crippen LogP contribution in [0.2, 0.25) is 0 Å². The number of amides is 1. The number of nitriles is 1. The molecule has 0 aromatic carbocycles. The molecule has 16 heavy (non-hydrogen) atoms. The summed E-state index contributed by atoms with van der Waals surface area (Å²) < 4.78 is 1.53. The van der Waals surface area contributed by atoms with Crippen molar-refractivity contribution in [2.45, 2.75) is 38.8 Å². The smallest absolute Gasteiger partial charge is 0.242 e. The molecule has 1 N–H and O–H groups in total. The monoisotopic (exact) mass is 220 g/mol. The van der Waals surface area contributed by atoms with Crippen LogP contribution in [0.15, 0.2) is 18.5 Å². The van der Waals surface area contributed by atoms with E-state index in [1.165, 1.54) is 4.68 Å². The number of aromatic nitrogens is 2. The lowest BCUT2D eigenvalue weighted by Gasteiger charge is -2.24. The van der Waals surface area contributed by atoms with Gasteiger partial charge in [0, 0.05) is 12.4 Å². The van der Waals surface area contributed by atoms with E-state index >= 15 is 0 Å². The Morgan fingerprint density at radius 3 is 2.69 bits per heavy atom. The van der Waals surface area contributed by atoms with Crippen LogP contribution in [0, 0.1) is 11.3 Å². The number of hydrogen-bond acceptors (Lipinski definition) is 3. The number of hydrogen-bond donors (Lipinski definition) is 1. The van der Waals surface area contributed by atoms with Crippen LogP contribution in [0.1, 0.15) is 26.7 Å². The van der Waals surface area contributed by atoms with Gasteiger partial charge in [-0.05, 0) is 18.9 Å². The van der Waals surface area contributed by atoms with Gasteiger partial charge in [-0.15, -0.1) is 0 Å². The first-order valence-electron chi connectivity index (χ1n) is 5.35. The molecule has 86 valence electrons. The van der Waals surface area contributed by atoms with Gasteiger partial charge in [-0.3, -0.25) is 9.48 Å². The Labute approximate surface area is 95.1 Å². The zero-order chi connectivity index (χ0) is 12.0. The average molecular weight is 220 g/mol. The van der Waals surface area contributed by atoms with Crippen molar-refractivity contribution in [3.05, 3.63) is 18.5 Å². The number of carbonyl (C=O) groups is 1. The highest BCUT2D eigenvalue weighted by Crippen LogP contribution is 2.13. The van der Waals surface area contributed by atoms with Crippen molar-refractivity contribution in [3.63, 3.8) is 0 Å². The minimum Gasteiger partial charge on any atom is -0.336 e. The first-order valence-corrected chi connectivity index (χ1v) is 5.35. The van der Waals surface area contributed by atoms with E-state index in [2.05, 4.69) is 16.5 Å². The molecule has 0 bridgehead atoms. The van der Waals surface area contributed by atoms with Gasteiger partial charge in [-0.25, -0.2) is 0 Å². The van der Waals surface area contributed by atoms with Crippen molar-refractivity contribution in [1.82, 2.24) is 15.1 Å². The summed E-state index contributed by atoms with van der Waals surface area (Å²) in [5.41, 5.74) is -0.746. The Hall–Kier alpha value is -1.83. The van der Waals surface area contributed by atoms with Crippen LogP contribution < -0.4 is 5.32 Å². The Balaban J connectivity index is 2.60. The summed E-state index contributed by atoms with van der Waals surface area (Å²) in [6, 6.07) is 3.92. The lowest BCUT2D eigenvalue weighted by atomic mass is 9.95. The standard InChI is InChI=1S/C11H16N4O/c1-3-11(4-2,9-12)14-10(16)8-15-7-5-6-13-15/h5-7H,3-4,8H2,1-2H3,(H,14,16). The van der Waals surface area contributed by atoms with E-state index in [1.54, 1.807) is 18.5 Å². The highest BCUT2D eigenvalue weighted by Gasteiger charge is 2.27. The number of rotatable bonds is 5. The van der Waals surface area contributed by atoms with Crippen molar-refractivity contribution in [1.29, 1.82) is 5.26 Å². The van der Waals surface area contributed by atoms with Gasteiger partial charge in [0.15, 0.2) is 0 Å². The quantitative estimate of drug-likeness (QED) is 0.807. The summed E-state index contributed by atoms with van der Waals surface area (Å²) in [5.74, 6) is -0.186. The van der Waals surface area contributed by atoms with Gasteiger partial charge in [0.2, 0.25) is 5.91 Å². The third-order valence-electron chi connectivity index (χ3n) is 2.66. The van der Waals surface area contributed by atoms with Crippen molar-refractivity contribution in [3.8, 4) is 6.07 Å². The molecule has 1 heterocycles. The molecule has 1 rings (SSSR count). The lowest BCUT2D eigenvalue weighted by molar-refractivity contribution is -0.123. The highest BCUT2D eigenvalue weighted by atomic mass is 16.2. The Morgan fingerprint density at radius 2 is 2.25 bits per heavy atom. The van der Waals surface area contributed by atoms with E-state index in [-0.39, 0.29) is 12.5 Å². The molecule has 1 aromatic heterocycles. The molecule has 0 atom stereocenters. The van der Waals surface area contributed by atoms with E-state index in [4.69, 9.17) is 5.26 Å². The topological polar surface area (TPSA) is 70.7 Å². The highest BCUT2D eigenvalue weighted by molar-refractivity contribution is 5.77. The van der Waals surface area contributed by atoms with Gasteiger partial charge in [0.1, 0.15) is 12.1 Å². The van der Waals surface area contributed by atoms with Gasteiger partial charge in [-0.1, -0.05) is 13.8 Å². The molecular weight excluding hydrogens is 204 g/mol. The van der Waals surface area contributed by atoms with E-state index in [0.717, 1.165) is 0 Å². The number of carbonyl (C=O) groups excluding carboxylic acids is 1. The minimum atomic E-state index is -0.746. The van der Waals surface area contributed by atoms with Crippen LogP contribution in [-0.4, -0.2) is 21.2 Å². The van der Waals surface area contributed by atoms with Crippen LogP contribution >= 0.6 is 0 Å². The predicted octanol–water partition coefficient (Wildman–Crippen LogP) is 1.08. The molecule has 0 aliphatic carbocycles. The van der Waals surface area contributed by atoms with Crippen LogP contribution in [-0.2, 0) is 11.3 Å². The van der Waals surface area contributed by atoms with Crippen LogP contribution in [0.4, 0.5) is 0 Å². The van der Waals surface area contributed by atoms with Crippen molar-refractivity contribution in [2.24, 2.45) is 0 Å². The molecular formula is C11H16N4O. The maximum absolute atomic E-state index is 11.7. The molecule has 0 aliphatic heterocycles. The van der Waals surface area contributed by atoms with Gasteiger partial charge >= 0.3 is 0 Å². The first kappa shape index (κ1) is 12.2. The van der Waals surface area contributed by atoms with Gasteiger partial charge < -0.3 is 5.32 Å². The molecule has 1 aromatic rings. The van der Waals surface area contributed by atoms with Crippen molar-refractivity contribution >= 4 is 5.91 Å². The van der Waals surface area contributed by atoms with E-state index in [9.17, 15) is 4.79 Å². The Kier molecular flexibility index (Phi) is 4.06. The third-order valence-corrected chi connectivity index (χ3v) is 2.66. The fraction of sp³-hybridized carbons (Fsp3) is 0.545. The van der Waals surface area contributed by atoms with Crippen LogP contribution in [0.3, 0.4) is 0 Å². The fourth-order valence-electron chi connectivity index (χ4n) is 1.46. The number of nitrogens with zero attached hydrogens (tertiary/aromatic N) is 3.